The summed E-state index contributed by atoms with van der Waals surface area (Å²) in [5, 5.41) is 11.2. The molecular formula is C21H39N5O. The second kappa shape index (κ2) is 10.7. The predicted octanol–water partition coefficient (Wildman–Crippen LogP) is 3.22. The van der Waals surface area contributed by atoms with Crippen LogP contribution >= 0.6 is 0 Å². The normalized spacial score (nSPS) is 18.1. The van der Waals surface area contributed by atoms with E-state index in [4.69, 9.17) is 4.52 Å². The van der Waals surface area contributed by atoms with Crippen molar-refractivity contribution in [3.05, 3.63) is 17.0 Å². The summed E-state index contributed by atoms with van der Waals surface area (Å²) < 4.78 is 5.46. The van der Waals surface area contributed by atoms with Crippen molar-refractivity contribution < 1.29 is 4.52 Å². The van der Waals surface area contributed by atoms with Gasteiger partial charge in [0.15, 0.2) is 5.96 Å². The monoisotopic (exact) mass is 377 g/mol. The van der Waals surface area contributed by atoms with Gasteiger partial charge in [-0.3, -0.25) is 9.89 Å². The van der Waals surface area contributed by atoms with Crippen molar-refractivity contribution in [2.45, 2.75) is 72.9 Å². The smallest absolute Gasteiger partial charge is 0.191 e. The van der Waals surface area contributed by atoms with Crippen LogP contribution in [0.4, 0.5) is 0 Å². The van der Waals surface area contributed by atoms with Crippen molar-refractivity contribution >= 4 is 5.96 Å². The average Bonchev–Trinajstić information content (AvgIpc) is 3.07. The first kappa shape index (κ1) is 21.7. The molecule has 0 aromatic carbocycles. The Morgan fingerprint density at radius 2 is 1.93 bits per heavy atom. The highest BCUT2D eigenvalue weighted by Crippen LogP contribution is 2.21. The third kappa shape index (κ3) is 5.96. The molecule has 2 rings (SSSR count). The highest BCUT2D eigenvalue weighted by atomic mass is 16.5. The molecule has 6 nitrogen and oxygen atoms in total. The lowest BCUT2D eigenvalue weighted by Crippen LogP contribution is -2.51. The van der Waals surface area contributed by atoms with Crippen LogP contribution in [-0.2, 0) is 19.4 Å². The largest absolute Gasteiger partial charge is 0.361 e. The van der Waals surface area contributed by atoms with Crippen molar-refractivity contribution in [2.24, 2.45) is 16.8 Å². The molecule has 1 aliphatic rings. The Morgan fingerprint density at radius 1 is 1.22 bits per heavy atom. The minimum Gasteiger partial charge on any atom is -0.361 e. The van der Waals surface area contributed by atoms with E-state index < -0.39 is 0 Å². The maximum atomic E-state index is 5.46. The van der Waals surface area contributed by atoms with Gasteiger partial charge in [-0.2, -0.15) is 0 Å². The predicted molar refractivity (Wildman–Crippen MR) is 112 cm³/mol. The number of nitrogens with one attached hydrogen (secondary N) is 2. The molecule has 1 aromatic rings. The summed E-state index contributed by atoms with van der Waals surface area (Å²) in [7, 11) is 1.83. The summed E-state index contributed by atoms with van der Waals surface area (Å²) in [6, 6.07) is 0.532. The molecule has 154 valence electrons. The molecule has 1 aromatic heterocycles. The lowest BCUT2D eigenvalue weighted by molar-refractivity contribution is 0.110. The number of aromatic nitrogens is 1. The third-order valence-electron chi connectivity index (χ3n) is 5.80. The zero-order valence-electron chi connectivity index (χ0n) is 18.1. The van der Waals surface area contributed by atoms with Gasteiger partial charge in [-0.05, 0) is 44.2 Å². The number of hydrogen-bond donors (Lipinski definition) is 2. The van der Waals surface area contributed by atoms with Gasteiger partial charge >= 0.3 is 0 Å². The van der Waals surface area contributed by atoms with E-state index in [-0.39, 0.29) is 0 Å². The van der Waals surface area contributed by atoms with Crippen LogP contribution in [0.3, 0.4) is 0 Å². The Kier molecular flexibility index (Phi) is 8.61. The molecule has 0 bridgehead atoms. The van der Waals surface area contributed by atoms with Gasteiger partial charge < -0.3 is 15.2 Å². The van der Waals surface area contributed by atoms with Gasteiger partial charge in [0.25, 0.3) is 0 Å². The minimum absolute atomic E-state index is 0.532. The van der Waals surface area contributed by atoms with Crippen LogP contribution in [0.1, 0.15) is 64.5 Å². The maximum absolute atomic E-state index is 5.46. The summed E-state index contributed by atoms with van der Waals surface area (Å²) in [4.78, 5) is 7.06. The van der Waals surface area contributed by atoms with Crippen LogP contribution in [-0.4, -0.2) is 48.7 Å². The van der Waals surface area contributed by atoms with E-state index in [0.29, 0.717) is 18.5 Å². The number of aryl methyl sites for hydroxylation is 2. The Morgan fingerprint density at radius 3 is 2.48 bits per heavy atom. The molecule has 1 atom stereocenters. The number of guanidine groups is 1. The second-order valence-electron chi connectivity index (χ2n) is 8.07. The summed E-state index contributed by atoms with van der Waals surface area (Å²) in [6.07, 6.45) is 4.36. The van der Waals surface area contributed by atoms with Gasteiger partial charge in [-0.25, -0.2) is 0 Å². The zero-order chi connectivity index (χ0) is 19.8. The topological polar surface area (TPSA) is 65.7 Å². The number of piperidine rings is 1. The highest BCUT2D eigenvalue weighted by Gasteiger charge is 2.25. The van der Waals surface area contributed by atoms with Crippen LogP contribution in [0.15, 0.2) is 9.52 Å². The van der Waals surface area contributed by atoms with E-state index in [2.05, 4.69) is 60.3 Å². The van der Waals surface area contributed by atoms with Gasteiger partial charge in [0.2, 0.25) is 0 Å². The molecule has 2 N–H and O–H groups in total. The fraction of sp³-hybridized carbons (Fsp3) is 0.810. The molecule has 6 heteroatoms. The molecule has 1 fully saturated rings. The van der Waals surface area contributed by atoms with Crippen molar-refractivity contribution in [1.82, 2.24) is 20.7 Å². The van der Waals surface area contributed by atoms with Crippen LogP contribution in [0.25, 0.3) is 0 Å². The van der Waals surface area contributed by atoms with Gasteiger partial charge in [0, 0.05) is 38.2 Å². The Balaban J connectivity index is 1.91. The van der Waals surface area contributed by atoms with Crippen molar-refractivity contribution in [3.8, 4) is 0 Å². The van der Waals surface area contributed by atoms with Gasteiger partial charge in [0.05, 0.1) is 5.69 Å². The van der Waals surface area contributed by atoms with Crippen molar-refractivity contribution in [2.75, 3.05) is 26.7 Å². The van der Waals surface area contributed by atoms with Gasteiger partial charge in [-0.15, -0.1) is 0 Å². The molecule has 2 heterocycles. The van der Waals surface area contributed by atoms with E-state index in [1.54, 1.807) is 0 Å². The van der Waals surface area contributed by atoms with Gasteiger partial charge in [0.1, 0.15) is 5.76 Å². The number of nitrogens with zero attached hydrogens (tertiary/aromatic N) is 3. The SMILES string of the molecule is CCc1noc(CC)c1CNC(=NC)NCC(C(C)C)N1CCC(C)CC1. The van der Waals surface area contributed by atoms with Crippen molar-refractivity contribution in [1.29, 1.82) is 0 Å². The quantitative estimate of drug-likeness (QED) is 0.538. The van der Waals surface area contributed by atoms with Crippen LogP contribution in [0.5, 0.6) is 0 Å². The van der Waals surface area contributed by atoms with E-state index in [1.807, 2.05) is 7.05 Å². The van der Waals surface area contributed by atoms with Crippen LogP contribution in [0, 0.1) is 11.8 Å². The summed E-state index contributed by atoms with van der Waals surface area (Å²) >= 11 is 0. The number of likely N-dealkylation sites (tertiary alicyclic amines) is 1. The zero-order valence-corrected chi connectivity index (χ0v) is 18.1. The van der Waals surface area contributed by atoms with E-state index in [1.165, 1.54) is 31.5 Å². The number of rotatable bonds is 8. The molecule has 0 amide bonds. The third-order valence-corrected chi connectivity index (χ3v) is 5.80. The average molecular weight is 378 g/mol. The van der Waals surface area contributed by atoms with E-state index >= 15 is 0 Å². The Labute approximate surface area is 165 Å². The first-order chi connectivity index (χ1) is 13.0. The van der Waals surface area contributed by atoms with Crippen LogP contribution < -0.4 is 10.6 Å². The fourth-order valence-electron chi connectivity index (χ4n) is 3.88. The minimum atomic E-state index is 0.532. The molecule has 27 heavy (non-hydrogen) atoms. The fourth-order valence-corrected chi connectivity index (χ4v) is 3.88. The molecule has 0 aliphatic carbocycles. The number of aliphatic imine (C=N–C) groups is 1. The van der Waals surface area contributed by atoms with Gasteiger partial charge in [-0.1, -0.05) is 39.8 Å². The summed E-state index contributed by atoms with van der Waals surface area (Å²) in [5.74, 6) is 3.29. The number of hydrogen-bond acceptors (Lipinski definition) is 4. The first-order valence-corrected chi connectivity index (χ1v) is 10.6. The van der Waals surface area contributed by atoms with Crippen LogP contribution in [0.2, 0.25) is 0 Å². The molecule has 1 unspecified atom stereocenters. The van der Waals surface area contributed by atoms with Crippen molar-refractivity contribution in [3.63, 3.8) is 0 Å². The lowest BCUT2D eigenvalue weighted by atomic mass is 9.94. The Bertz CT molecular complexity index is 566. The lowest BCUT2D eigenvalue weighted by Gasteiger charge is -2.39. The summed E-state index contributed by atoms with van der Waals surface area (Å²) in [6.45, 7) is 15.2. The molecular weight excluding hydrogens is 338 g/mol. The van der Waals surface area contributed by atoms with E-state index in [9.17, 15) is 0 Å². The molecule has 0 saturated carbocycles. The molecule has 1 saturated heterocycles. The summed E-state index contributed by atoms with van der Waals surface area (Å²) in [5.41, 5.74) is 2.21. The maximum Gasteiger partial charge on any atom is 0.191 e. The second-order valence-corrected chi connectivity index (χ2v) is 8.07. The molecule has 0 spiro atoms. The Hall–Kier alpha value is -1.56. The highest BCUT2D eigenvalue weighted by molar-refractivity contribution is 5.79. The first-order valence-electron chi connectivity index (χ1n) is 10.6. The standard InChI is InChI=1S/C21H39N5O/c1-7-18-17(20(8-2)27-25-18)13-23-21(22-6)24-14-19(15(3)4)26-11-9-16(5)10-12-26/h15-16,19H,7-14H2,1-6H3,(H2,22,23,24). The van der Waals surface area contributed by atoms with E-state index in [0.717, 1.165) is 42.7 Å². The molecule has 1 aliphatic heterocycles. The molecule has 0 radical (unpaired) electrons.